The molecule has 1 heterocycles. The molecule has 27 heavy (non-hydrogen) atoms. The van der Waals surface area contributed by atoms with E-state index in [1.54, 1.807) is 0 Å². The summed E-state index contributed by atoms with van der Waals surface area (Å²) >= 11 is 0. The molecule has 1 aliphatic heterocycles. The van der Waals surface area contributed by atoms with Crippen molar-refractivity contribution in [2.24, 2.45) is 5.92 Å². The Morgan fingerprint density at radius 3 is 2.41 bits per heavy atom. The van der Waals surface area contributed by atoms with Gasteiger partial charge < -0.3 is 14.8 Å². The van der Waals surface area contributed by atoms with Crippen molar-refractivity contribution < 1.29 is 14.3 Å². The summed E-state index contributed by atoms with van der Waals surface area (Å²) in [6, 6.07) is 19.6. The summed E-state index contributed by atoms with van der Waals surface area (Å²) in [4.78, 5) is 12.9. The highest BCUT2D eigenvalue weighted by Gasteiger charge is 2.22. The molecule has 4 nitrogen and oxygen atoms in total. The minimum atomic E-state index is -0.111. The van der Waals surface area contributed by atoms with Crippen molar-refractivity contribution >= 4 is 16.7 Å². The fourth-order valence-electron chi connectivity index (χ4n) is 3.44. The Hall–Kier alpha value is -3.01. The molecule has 0 aliphatic carbocycles. The number of fused-ring (bicyclic) bond motifs is 2. The molecule has 0 spiro atoms. The third kappa shape index (κ3) is 3.61. The van der Waals surface area contributed by atoms with Crippen LogP contribution in [0.2, 0.25) is 0 Å². The van der Waals surface area contributed by atoms with Gasteiger partial charge in [0.15, 0.2) is 11.5 Å². The molecule has 0 aromatic heterocycles. The number of carbonyl (C=O) groups excluding carboxylic acids is 1. The number of ether oxygens (including phenoxy) is 2. The van der Waals surface area contributed by atoms with E-state index >= 15 is 0 Å². The number of nitrogens with one attached hydrogen (secondary N) is 1. The Bertz CT molecular complexity index is 980. The molecule has 1 amide bonds. The SMILES string of the molecule is CC(C)[C@H](NC(=O)c1ccc2ccccc2c1)c1ccc2c(c1)OCCO2. The molecule has 0 fully saturated rings. The maximum absolute atomic E-state index is 12.9. The summed E-state index contributed by atoms with van der Waals surface area (Å²) in [5, 5.41) is 5.37. The van der Waals surface area contributed by atoms with Gasteiger partial charge in [-0.15, -0.1) is 0 Å². The first-order valence-corrected chi connectivity index (χ1v) is 9.31. The fourth-order valence-corrected chi connectivity index (χ4v) is 3.44. The van der Waals surface area contributed by atoms with Crippen molar-refractivity contribution in [2.75, 3.05) is 13.2 Å². The van der Waals surface area contributed by atoms with E-state index in [0.717, 1.165) is 27.8 Å². The van der Waals surface area contributed by atoms with Crippen molar-refractivity contribution in [3.8, 4) is 11.5 Å². The summed E-state index contributed by atoms with van der Waals surface area (Å²) in [5.74, 6) is 1.66. The standard InChI is InChI=1S/C23H23NO3/c1-15(2)22(18-9-10-20-21(14-18)27-12-11-26-20)24-23(25)19-8-7-16-5-3-4-6-17(16)13-19/h3-10,13-15,22H,11-12H2,1-2H3,(H,24,25)/t22-/m0/s1. The van der Waals surface area contributed by atoms with Gasteiger partial charge in [0.05, 0.1) is 6.04 Å². The molecule has 1 N–H and O–H groups in total. The quantitative estimate of drug-likeness (QED) is 0.730. The molecule has 3 aromatic carbocycles. The van der Waals surface area contributed by atoms with Crippen molar-refractivity contribution in [2.45, 2.75) is 19.9 Å². The minimum absolute atomic E-state index is 0.0747. The van der Waals surface area contributed by atoms with Gasteiger partial charge in [-0.25, -0.2) is 0 Å². The number of rotatable bonds is 4. The lowest BCUT2D eigenvalue weighted by atomic mass is 9.95. The van der Waals surface area contributed by atoms with Crippen LogP contribution in [0.1, 0.15) is 35.8 Å². The zero-order chi connectivity index (χ0) is 18.8. The predicted molar refractivity (Wildman–Crippen MR) is 106 cm³/mol. The number of benzene rings is 3. The highest BCUT2D eigenvalue weighted by Crippen LogP contribution is 2.34. The van der Waals surface area contributed by atoms with Gasteiger partial charge in [-0.3, -0.25) is 4.79 Å². The van der Waals surface area contributed by atoms with Gasteiger partial charge in [-0.2, -0.15) is 0 Å². The second-order valence-corrected chi connectivity index (χ2v) is 7.16. The lowest BCUT2D eigenvalue weighted by Crippen LogP contribution is -2.31. The lowest BCUT2D eigenvalue weighted by Gasteiger charge is -2.25. The van der Waals surface area contributed by atoms with Gasteiger partial charge >= 0.3 is 0 Å². The molecule has 0 unspecified atom stereocenters. The van der Waals surface area contributed by atoms with E-state index in [1.165, 1.54) is 0 Å². The molecule has 138 valence electrons. The van der Waals surface area contributed by atoms with Crippen LogP contribution in [0.15, 0.2) is 60.7 Å². The Labute approximate surface area is 159 Å². The summed E-state index contributed by atoms with van der Waals surface area (Å²) in [6.07, 6.45) is 0. The van der Waals surface area contributed by atoms with E-state index in [0.29, 0.717) is 18.8 Å². The highest BCUT2D eigenvalue weighted by atomic mass is 16.6. The average Bonchev–Trinajstić information content (AvgIpc) is 2.71. The largest absolute Gasteiger partial charge is 0.486 e. The van der Waals surface area contributed by atoms with E-state index in [2.05, 4.69) is 19.2 Å². The van der Waals surface area contributed by atoms with E-state index in [1.807, 2.05) is 60.7 Å². The third-order valence-corrected chi connectivity index (χ3v) is 4.89. The van der Waals surface area contributed by atoms with E-state index in [-0.39, 0.29) is 17.9 Å². The van der Waals surface area contributed by atoms with Crippen molar-refractivity contribution in [1.82, 2.24) is 5.32 Å². The summed E-state index contributed by atoms with van der Waals surface area (Å²) in [7, 11) is 0. The maximum Gasteiger partial charge on any atom is 0.251 e. The molecule has 1 aliphatic rings. The van der Waals surface area contributed by atoms with Crippen LogP contribution in [0.4, 0.5) is 0 Å². The van der Waals surface area contributed by atoms with Crippen molar-refractivity contribution in [1.29, 1.82) is 0 Å². The second kappa shape index (κ2) is 7.31. The number of carbonyl (C=O) groups is 1. The summed E-state index contributed by atoms with van der Waals surface area (Å²) in [6.45, 7) is 5.31. The normalized spacial score (nSPS) is 14.2. The van der Waals surface area contributed by atoms with Gasteiger partial charge in [-0.05, 0) is 46.5 Å². The topological polar surface area (TPSA) is 47.6 Å². The molecule has 4 rings (SSSR count). The smallest absolute Gasteiger partial charge is 0.251 e. The minimum Gasteiger partial charge on any atom is -0.486 e. The zero-order valence-corrected chi connectivity index (χ0v) is 15.6. The van der Waals surface area contributed by atoms with Crippen LogP contribution in [0.3, 0.4) is 0 Å². The van der Waals surface area contributed by atoms with Crippen LogP contribution >= 0.6 is 0 Å². The molecular weight excluding hydrogens is 338 g/mol. The molecule has 3 aromatic rings. The average molecular weight is 361 g/mol. The van der Waals surface area contributed by atoms with E-state index < -0.39 is 0 Å². The van der Waals surface area contributed by atoms with Gasteiger partial charge in [0.1, 0.15) is 13.2 Å². The Balaban J connectivity index is 1.59. The molecule has 0 radical (unpaired) electrons. The molecule has 0 saturated heterocycles. The highest BCUT2D eigenvalue weighted by molar-refractivity contribution is 5.98. The van der Waals surface area contributed by atoms with Crippen LogP contribution in [-0.4, -0.2) is 19.1 Å². The number of hydrogen-bond donors (Lipinski definition) is 1. The maximum atomic E-state index is 12.9. The molecule has 0 bridgehead atoms. The Morgan fingerprint density at radius 2 is 1.63 bits per heavy atom. The van der Waals surface area contributed by atoms with Gasteiger partial charge in [0.25, 0.3) is 5.91 Å². The van der Waals surface area contributed by atoms with Crippen LogP contribution in [0.5, 0.6) is 11.5 Å². The summed E-state index contributed by atoms with van der Waals surface area (Å²) in [5.41, 5.74) is 1.68. The first-order chi connectivity index (χ1) is 13.1. The monoisotopic (exact) mass is 361 g/mol. The second-order valence-electron chi connectivity index (χ2n) is 7.16. The molecular formula is C23H23NO3. The summed E-state index contributed by atoms with van der Waals surface area (Å²) < 4.78 is 11.3. The first kappa shape index (κ1) is 17.4. The van der Waals surface area contributed by atoms with Crippen LogP contribution in [0.25, 0.3) is 10.8 Å². The third-order valence-electron chi connectivity index (χ3n) is 4.89. The van der Waals surface area contributed by atoms with Crippen LogP contribution in [0, 0.1) is 5.92 Å². The lowest BCUT2D eigenvalue weighted by molar-refractivity contribution is 0.0925. The van der Waals surface area contributed by atoms with Gasteiger partial charge in [0.2, 0.25) is 0 Å². The van der Waals surface area contributed by atoms with Gasteiger partial charge in [-0.1, -0.05) is 50.2 Å². The molecule has 4 heteroatoms. The first-order valence-electron chi connectivity index (χ1n) is 9.31. The molecule has 1 atom stereocenters. The number of amides is 1. The predicted octanol–water partition coefficient (Wildman–Crippen LogP) is 4.74. The van der Waals surface area contributed by atoms with Crippen molar-refractivity contribution in [3.05, 3.63) is 71.8 Å². The van der Waals surface area contributed by atoms with Gasteiger partial charge in [0, 0.05) is 5.56 Å². The Morgan fingerprint density at radius 1 is 0.889 bits per heavy atom. The van der Waals surface area contributed by atoms with Crippen molar-refractivity contribution in [3.63, 3.8) is 0 Å². The van der Waals surface area contributed by atoms with Crippen LogP contribution in [-0.2, 0) is 0 Å². The zero-order valence-electron chi connectivity index (χ0n) is 15.6. The van der Waals surface area contributed by atoms with E-state index in [9.17, 15) is 4.79 Å². The molecule has 0 saturated carbocycles. The van der Waals surface area contributed by atoms with Crippen LogP contribution < -0.4 is 14.8 Å². The van der Waals surface area contributed by atoms with E-state index in [4.69, 9.17) is 9.47 Å². The Kier molecular flexibility index (Phi) is 4.71. The number of hydrogen-bond acceptors (Lipinski definition) is 3. The fraction of sp³-hybridized carbons (Fsp3) is 0.261.